The van der Waals surface area contributed by atoms with Crippen molar-refractivity contribution in [3.8, 4) is 5.75 Å². The lowest BCUT2D eigenvalue weighted by Crippen LogP contribution is -1.96. The van der Waals surface area contributed by atoms with Crippen molar-refractivity contribution < 1.29 is 14.6 Å². The smallest absolute Gasteiger partial charge is 0.328 e. The zero-order chi connectivity index (χ0) is 15.1. The zero-order valence-corrected chi connectivity index (χ0v) is 11.8. The molecular formula is C17H17NO3. The summed E-state index contributed by atoms with van der Waals surface area (Å²) in [6.45, 7) is 2.60. The number of carbonyl (C=O) groups is 1. The summed E-state index contributed by atoms with van der Waals surface area (Å²) in [7, 11) is 0. The summed E-state index contributed by atoms with van der Waals surface area (Å²) < 4.78 is 5.64. The van der Waals surface area contributed by atoms with Crippen LogP contribution in [0, 0.1) is 0 Å². The molecule has 2 aromatic rings. The van der Waals surface area contributed by atoms with E-state index in [1.807, 2.05) is 0 Å². The normalized spacial score (nSPS) is 10.7. The number of hydrogen-bond donors (Lipinski definition) is 1. The summed E-state index contributed by atoms with van der Waals surface area (Å²) in [5, 5.41) is 8.54. The molecule has 2 rings (SSSR count). The van der Waals surface area contributed by atoms with Gasteiger partial charge in [0.25, 0.3) is 0 Å². The number of carboxylic acids is 1. The second-order valence-corrected chi connectivity index (χ2v) is 4.55. The highest BCUT2D eigenvalue weighted by Gasteiger charge is 1.98. The molecule has 0 aliphatic rings. The van der Waals surface area contributed by atoms with E-state index >= 15 is 0 Å². The third-order valence-corrected chi connectivity index (χ3v) is 2.99. The van der Waals surface area contributed by atoms with Crippen LogP contribution in [0.1, 0.15) is 23.7 Å². The molecule has 4 nitrogen and oxygen atoms in total. The van der Waals surface area contributed by atoms with Crippen molar-refractivity contribution >= 4 is 12.0 Å². The van der Waals surface area contributed by atoms with Crippen LogP contribution in [-0.4, -0.2) is 16.1 Å². The predicted molar refractivity (Wildman–Crippen MR) is 81.1 cm³/mol. The van der Waals surface area contributed by atoms with E-state index in [9.17, 15) is 4.79 Å². The summed E-state index contributed by atoms with van der Waals surface area (Å²) in [5.41, 5.74) is 2.98. The Morgan fingerprint density at radius 1 is 1.19 bits per heavy atom. The molecule has 4 heteroatoms. The van der Waals surface area contributed by atoms with Crippen LogP contribution < -0.4 is 4.74 Å². The molecule has 1 N–H and O–H groups in total. The third-order valence-electron chi connectivity index (χ3n) is 2.99. The van der Waals surface area contributed by atoms with Gasteiger partial charge in [-0.1, -0.05) is 31.2 Å². The molecule has 0 saturated heterocycles. The van der Waals surface area contributed by atoms with E-state index in [0.29, 0.717) is 18.1 Å². The third kappa shape index (κ3) is 4.76. The number of aromatic nitrogens is 1. The summed E-state index contributed by atoms with van der Waals surface area (Å²) in [4.78, 5) is 14.5. The predicted octanol–water partition coefficient (Wildman–Crippen LogP) is 3.32. The van der Waals surface area contributed by atoms with E-state index in [1.165, 1.54) is 11.6 Å². The van der Waals surface area contributed by atoms with Gasteiger partial charge in [-0.05, 0) is 35.8 Å². The van der Waals surface area contributed by atoms with Crippen LogP contribution in [0.15, 0.2) is 48.7 Å². The molecule has 1 aromatic carbocycles. The van der Waals surface area contributed by atoms with Gasteiger partial charge < -0.3 is 9.84 Å². The average molecular weight is 283 g/mol. The Hall–Kier alpha value is -2.62. The quantitative estimate of drug-likeness (QED) is 0.826. The fourth-order valence-electron chi connectivity index (χ4n) is 1.77. The van der Waals surface area contributed by atoms with Crippen molar-refractivity contribution in [3.63, 3.8) is 0 Å². The van der Waals surface area contributed by atoms with Crippen molar-refractivity contribution in [1.82, 2.24) is 4.98 Å². The van der Waals surface area contributed by atoms with E-state index < -0.39 is 5.97 Å². The summed E-state index contributed by atoms with van der Waals surface area (Å²) >= 11 is 0. The van der Waals surface area contributed by atoms with Gasteiger partial charge in [0.2, 0.25) is 0 Å². The Labute approximate surface area is 123 Å². The van der Waals surface area contributed by atoms with Crippen LogP contribution in [0.3, 0.4) is 0 Å². The molecule has 0 bridgehead atoms. The van der Waals surface area contributed by atoms with E-state index in [1.54, 1.807) is 18.3 Å². The minimum Gasteiger partial charge on any atom is -0.487 e. The molecule has 108 valence electrons. The number of aliphatic carboxylic acids is 1. The maximum atomic E-state index is 10.4. The highest BCUT2D eigenvalue weighted by molar-refractivity contribution is 5.84. The van der Waals surface area contributed by atoms with Gasteiger partial charge in [0.15, 0.2) is 0 Å². The Kier molecular flexibility index (Phi) is 5.10. The number of nitrogens with zero attached hydrogens (tertiary/aromatic N) is 1. The summed E-state index contributed by atoms with van der Waals surface area (Å²) in [6.07, 6.45) is 5.10. The van der Waals surface area contributed by atoms with Crippen LogP contribution in [0.25, 0.3) is 6.08 Å². The molecule has 0 unspecified atom stereocenters. The first-order valence-corrected chi connectivity index (χ1v) is 6.75. The molecule has 0 fully saturated rings. The van der Waals surface area contributed by atoms with E-state index in [2.05, 4.69) is 36.2 Å². The van der Waals surface area contributed by atoms with Gasteiger partial charge >= 0.3 is 5.97 Å². The van der Waals surface area contributed by atoms with Crippen LogP contribution in [-0.2, 0) is 17.8 Å². The molecular weight excluding hydrogens is 266 g/mol. The Morgan fingerprint density at radius 3 is 2.48 bits per heavy atom. The highest BCUT2D eigenvalue weighted by Crippen LogP contribution is 2.13. The van der Waals surface area contributed by atoms with Crippen LogP contribution >= 0.6 is 0 Å². The van der Waals surface area contributed by atoms with Crippen LogP contribution in [0.5, 0.6) is 5.75 Å². The minimum atomic E-state index is -0.993. The van der Waals surface area contributed by atoms with Crippen molar-refractivity contribution in [1.29, 1.82) is 0 Å². The van der Waals surface area contributed by atoms with Crippen molar-refractivity contribution in [2.75, 3.05) is 0 Å². The number of pyridine rings is 1. The summed E-state index contributed by atoms with van der Waals surface area (Å²) in [5.74, 6) is -0.338. The second kappa shape index (κ2) is 7.24. The van der Waals surface area contributed by atoms with Gasteiger partial charge in [-0.3, -0.25) is 4.98 Å². The number of benzene rings is 1. The Bertz CT molecular complexity index is 615. The van der Waals surface area contributed by atoms with Gasteiger partial charge in [0.05, 0.1) is 11.9 Å². The van der Waals surface area contributed by atoms with E-state index in [-0.39, 0.29) is 0 Å². The van der Waals surface area contributed by atoms with Crippen molar-refractivity contribution in [2.24, 2.45) is 0 Å². The number of rotatable bonds is 6. The molecule has 0 atom stereocenters. The summed E-state index contributed by atoms with van der Waals surface area (Å²) in [6, 6.07) is 11.8. The maximum absolute atomic E-state index is 10.4. The molecule has 1 heterocycles. The fourth-order valence-corrected chi connectivity index (χ4v) is 1.77. The molecule has 0 amide bonds. The van der Waals surface area contributed by atoms with Gasteiger partial charge in [0.1, 0.15) is 12.4 Å². The Morgan fingerprint density at radius 2 is 1.90 bits per heavy atom. The SMILES string of the molecule is CCc1ccc(COc2ccc(C=CC(=O)O)nc2)cc1. The second-order valence-electron chi connectivity index (χ2n) is 4.55. The van der Waals surface area contributed by atoms with Crippen LogP contribution in [0.2, 0.25) is 0 Å². The van der Waals surface area contributed by atoms with Crippen molar-refractivity contribution in [3.05, 3.63) is 65.5 Å². The molecule has 0 aliphatic heterocycles. The Balaban J connectivity index is 1.92. The monoisotopic (exact) mass is 283 g/mol. The van der Waals surface area contributed by atoms with E-state index in [4.69, 9.17) is 9.84 Å². The topological polar surface area (TPSA) is 59.4 Å². The first-order chi connectivity index (χ1) is 10.2. The first-order valence-electron chi connectivity index (χ1n) is 6.75. The number of aryl methyl sites for hydroxylation is 1. The maximum Gasteiger partial charge on any atom is 0.328 e. The largest absolute Gasteiger partial charge is 0.487 e. The lowest BCUT2D eigenvalue weighted by atomic mass is 10.1. The van der Waals surface area contributed by atoms with E-state index in [0.717, 1.165) is 18.1 Å². The molecule has 0 aliphatic carbocycles. The molecule has 0 saturated carbocycles. The van der Waals surface area contributed by atoms with Gasteiger partial charge in [-0.2, -0.15) is 0 Å². The number of ether oxygens (including phenoxy) is 1. The van der Waals surface area contributed by atoms with Gasteiger partial charge in [-0.15, -0.1) is 0 Å². The van der Waals surface area contributed by atoms with Crippen molar-refractivity contribution in [2.45, 2.75) is 20.0 Å². The number of carboxylic acid groups (broad SMARTS) is 1. The standard InChI is InChI=1S/C17H17NO3/c1-2-13-3-5-14(6-4-13)12-21-16-9-7-15(18-11-16)8-10-17(19)20/h3-11H,2,12H2,1H3,(H,19,20). The average Bonchev–Trinajstić information content (AvgIpc) is 2.52. The molecule has 0 spiro atoms. The van der Waals surface area contributed by atoms with Gasteiger partial charge in [-0.25, -0.2) is 4.79 Å². The van der Waals surface area contributed by atoms with Gasteiger partial charge in [0, 0.05) is 6.08 Å². The molecule has 1 aromatic heterocycles. The first kappa shape index (κ1) is 14.8. The lowest BCUT2D eigenvalue weighted by molar-refractivity contribution is -0.131. The highest BCUT2D eigenvalue weighted by atomic mass is 16.5. The van der Waals surface area contributed by atoms with Crippen LogP contribution in [0.4, 0.5) is 0 Å². The zero-order valence-electron chi connectivity index (χ0n) is 11.8. The number of hydrogen-bond acceptors (Lipinski definition) is 3. The fraction of sp³-hybridized carbons (Fsp3) is 0.176. The molecule has 0 radical (unpaired) electrons. The molecule has 21 heavy (non-hydrogen) atoms. The minimum absolute atomic E-state index is 0.482. The lowest BCUT2D eigenvalue weighted by Gasteiger charge is -2.06.